The van der Waals surface area contributed by atoms with Gasteiger partial charge < -0.3 is 9.47 Å². The molecule has 0 spiro atoms. The number of fused-ring (bicyclic) bond motifs is 3. The number of ketones is 1. The van der Waals surface area contributed by atoms with Crippen molar-refractivity contribution in [2.45, 2.75) is 33.7 Å². The molecule has 0 fully saturated rings. The van der Waals surface area contributed by atoms with Crippen molar-refractivity contribution in [2.75, 3.05) is 19.6 Å². The number of nitrogens with zero attached hydrogens (tertiary/aromatic N) is 2. The number of hydrogen-bond donors (Lipinski definition) is 0. The first-order chi connectivity index (χ1) is 11.7. The molecule has 0 bridgehead atoms. The highest BCUT2D eigenvalue weighted by Gasteiger charge is 2.13. The molecule has 0 aliphatic heterocycles. The van der Waals surface area contributed by atoms with Gasteiger partial charge in [0.1, 0.15) is 0 Å². The molecule has 126 valence electrons. The zero-order valence-corrected chi connectivity index (χ0v) is 14.9. The van der Waals surface area contributed by atoms with Crippen LogP contribution in [0.5, 0.6) is 0 Å². The number of aromatic nitrogens is 1. The first-order valence-electron chi connectivity index (χ1n) is 8.96. The second-order valence-electron chi connectivity index (χ2n) is 6.19. The smallest absolute Gasteiger partial charge is 0.164 e. The van der Waals surface area contributed by atoms with Crippen LogP contribution in [-0.2, 0) is 6.54 Å². The number of benzene rings is 2. The maximum atomic E-state index is 12.6. The average molecular weight is 322 g/mol. The molecule has 24 heavy (non-hydrogen) atoms. The van der Waals surface area contributed by atoms with E-state index in [0.29, 0.717) is 6.42 Å². The summed E-state index contributed by atoms with van der Waals surface area (Å²) in [4.78, 5) is 14.9. The van der Waals surface area contributed by atoms with Gasteiger partial charge in [-0.15, -0.1) is 0 Å². The van der Waals surface area contributed by atoms with Gasteiger partial charge in [0, 0.05) is 46.9 Å². The Balaban J connectivity index is 1.96. The molecule has 1 aromatic heterocycles. The highest BCUT2D eigenvalue weighted by atomic mass is 16.1. The molecule has 3 aromatic rings. The van der Waals surface area contributed by atoms with Gasteiger partial charge >= 0.3 is 0 Å². The van der Waals surface area contributed by atoms with Crippen LogP contribution in [0, 0.1) is 0 Å². The first-order valence-corrected chi connectivity index (χ1v) is 8.96. The summed E-state index contributed by atoms with van der Waals surface area (Å²) in [6.07, 6.45) is 0.583. The fraction of sp³-hybridized carbons (Fsp3) is 0.381. The van der Waals surface area contributed by atoms with E-state index >= 15 is 0 Å². The number of hydrogen-bond acceptors (Lipinski definition) is 2. The van der Waals surface area contributed by atoms with Crippen LogP contribution in [0.15, 0.2) is 42.5 Å². The molecule has 0 atom stereocenters. The van der Waals surface area contributed by atoms with Gasteiger partial charge in [-0.05, 0) is 32.1 Å². The Hall–Kier alpha value is -2.13. The molecule has 0 saturated carbocycles. The molecule has 0 unspecified atom stereocenters. The number of Topliss-reactive ketones (excluding diaryl/α,β-unsaturated/α-hetero) is 1. The normalized spacial score (nSPS) is 11.7. The van der Waals surface area contributed by atoms with Crippen molar-refractivity contribution in [3.63, 3.8) is 0 Å². The van der Waals surface area contributed by atoms with Gasteiger partial charge in [0.05, 0.1) is 0 Å². The predicted molar refractivity (Wildman–Crippen MR) is 102 cm³/mol. The van der Waals surface area contributed by atoms with E-state index in [-0.39, 0.29) is 5.78 Å². The number of para-hydroxylation sites is 1. The minimum atomic E-state index is 0.233. The molecule has 3 heteroatoms. The van der Waals surface area contributed by atoms with Crippen molar-refractivity contribution in [1.82, 2.24) is 9.47 Å². The minimum absolute atomic E-state index is 0.233. The summed E-state index contributed by atoms with van der Waals surface area (Å²) in [7, 11) is 0. The summed E-state index contributed by atoms with van der Waals surface area (Å²) in [5, 5.41) is 2.49. The molecule has 0 aliphatic carbocycles. The number of rotatable bonds is 7. The second kappa shape index (κ2) is 7.18. The van der Waals surface area contributed by atoms with Gasteiger partial charge in [0.15, 0.2) is 5.78 Å². The molecular formula is C21H26N2O. The SMILES string of the molecule is CCN(CC)CCC(=O)c1ccc2c3ccccc3n(CC)c2c1. The lowest BCUT2D eigenvalue weighted by Crippen LogP contribution is -2.25. The van der Waals surface area contributed by atoms with Gasteiger partial charge in [-0.1, -0.05) is 44.2 Å². The van der Waals surface area contributed by atoms with E-state index in [2.05, 4.69) is 66.6 Å². The van der Waals surface area contributed by atoms with Crippen LogP contribution in [0.4, 0.5) is 0 Å². The Kier molecular flexibility index (Phi) is 5.00. The van der Waals surface area contributed by atoms with E-state index in [1.807, 2.05) is 6.07 Å². The summed E-state index contributed by atoms with van der Waals surface area (Å²) in [6.45, 7) is 10.2. The van der Waals surface area contributed by atoms with Crippen molar-refractivity contribution in [1.29, 1.82) is 0 Å². The summed E-state index contributed by atoms with van der Waals surface area (Å²) >= 11 is 0. The third-order valence-electron chi connectivity index (χ3n) is 4.96. The van der Waals surface area contributed by atoms with Gasteiger partial charge in [0.2, 0.25) is 0 Å². The van der Waals surface area contributed by atoms with Crippen molar-refractivity contribution in [2.24, 2.45) is 0 Å². The predicted octanol–water partition coefficient (Wildman–Crippen LogP) is 4.73. The van der Waals surface area contributed by atoms with Crippen LogP contribution in [0.2, 0.25) is 0 Å². The maximum Gasteiger partial charge on any atom is 0.164 e. The van der Waals surface area contributed by atoms with Gasteiger partial charge in [-0.2, -0.15) is 0 Å². The molecule has 3 nitrogen and oxygen atoms in total. The molecule has 1 heterocycles. The molecule has 2 aromatic carbocycles. The van der Waals surface area contributed by atoms with Crippen molar-refractivity contribution < 1.29 is 4.79 Å². The lowest BCUT2D eigenvalue weighted by atomic mass is 10.0. The Morgan fingerprint density at radius 1 is 0.958 bits per heavy atom. The fourth-order valence-corrected chi connectivity index (χ4v) is 3.51. The Morgan fingerprint density at radius 3 is 2.38 bits per heavy atom. The van der Waals surface area contributed by atoms with E-state index in [1.165, 1.54) is 16.3 Å². The molecule has 0 aliphatic rings. The second-order valence-corrected chi connectivity index (χ2v) is 6.19. The summed E-state index contributed by atoms with van der Waals surface area (Å²) in [6, 6.07) is 14.6. The van der Waals surface area contributed by atoms with E-state index < -0.39 is 0 Å². The van der Waals surface area contributed by atoms with Crippen molar-refractivity contribution >= 4 is 27.6 Å². The van der Waals surface area contributed by atoms with E-state index in [0.717, 1.165) is 37.3 Å². The lowest BCUT2D eigenvalue weighted by molar-refractivity contribution is 0.0966. The number of carbonyl (C=O) groups excluding carboxylic acids is 1. The number of aryl methyl sites for hydroxylation is 1. The van der Waals surface area contributed by atoms with E-state index in [9.17, 15) is 4.79 Å². The zero-order chi connectivity index (χ0) is 17.1. The quantitative estimate of drug-likeness (QED) is 0.588. The topological polar surface area (TPSA) is 25.2 Å². The van der Waals surface area contributed by atoms with Crippen molar-refractivity contribution in [3.8, 4) is 0 Å². The molecule has 0 radical (unpaired) electrons. The maximum absolute atomic E-state index is 12.6. The van der Waals surface area contributed by atoms with E-state index in [4.69, 9.17) is 0 Å². The molecule has 0 N–H and O–H groups in total. The lowest BCUT2D eigenvalue weighted by Gasteiger charge is -2.17. The summed E-state index contributed by atoms with van der Waals surface area (Å²) in [5.74, 6) is 0.233. The summed E-state index contributed by atoms with van der Waals surface area (Å²) < 4.78 is 2.30. The highest BCUT2D eigenvalue weighted by molar-refractivity contribution is 6.10. The van der Waals surface area contributed by atoms with Crippen LogP contribution in [0.1, 0.15) is 37.6 Å². The highest BCUT2D eigenvalue weighted by Crippen LogP contribution is 2.29. The number of carbonyl (C=O) groups is 1. The van der Waals surface area contributed by atoms with Gasteiger partial charge in [0.25, 0.3) is 0 Å². The van der Waals surface area contributed by atoms with Crippen LogP contribution in [-0.4, -0.2) is 34.9 Å². The largest absolute Gasteiger partial charge is 0.341 e. The van der Waals surface area contributed by atoms with Crippen LogP contribution in [0.3, 0.4) is 0 Å². The third-order valence-corrected chi connectivity index (χ3v) is 4.96. The Bertz CT molecular complexity index is 859. The van der Waals surface area contributed by atoms with Crippen LogP contribution in [0.25, 0.3) is 21.8 Å². The van der Waals surface area contributed by atoms with Crippen molar-refractivity contribution in [3.05, 3.63) is 48.0 Å². The van der Waals surface area contributed by atoms with Crippen LogP contribution >= 0.6 is 0 Å². The molecule has 0 amide bonds. The van der Waals surface area contributed by atoms with Crippen LogP contribution < -0.4 is 0 Å². The Labute approximate surface area is 143 Å². The first kappa shape index (κ1) is 16.7. The summed E-state index contributed by atoms with van der Waals surface area (Å²) in [5.41, 5.74) is 3.22. The third kappa shape index (κ3) is 2.96. The molecule has 0 saturated heterocycles. The molecular weight excluding hydrogens is 296 g/mol. The average Bonchev–Trinajstić information content (AvgIpc) is 2.95. The fourth-order valence-electron chi connectivity index (χ4n) is 3.51. The monoisotopic (exact) mass is 322 g/mol. The van der Waals surface area contributed by atoms with E-state index in [1.54, 1.807) is 0 Å². The minimum Gasteiger partial charge on any atom is -0.341 e. The standard InChI is InChI=1S/C21H26N2O/c1-4-22(5-2)14-13-21(24)16-11-12-18-17-9-7-8-10-19(17)23(6-3)20(18)15-16/h7-12,15H,4-6,13-14H2,1-3H3. The zero-order valence-electron chi connectivity index (χ0n) is 14.9. The molecule has 3 rings (SSSR count). The van der Waals surface area contributed by atoms with Gasteiger partial charge in [-0.3, -0.25) is 4.79 Å². The Morgan fingerprint density at radius 2 is 1.67 bits per heavy atom. The van der Waals surface area contributed by atoms with Gasteiger partial charge in [-0.25, -0.2) is 0 Å².